The number of nitrogen functional groups attached to an aromatic ring is 1. The van der Waals surface area contributed by atoms with Gasteiger partial charge in [0.05, 0.1) is 23.3 Å². The Morgan fingerprint density at radius 2 is 2.07 bits per heavy atom. The number of carbonyl (C=O) groups is 1. The van der Waals surface area contributed by atoms with Gasteiger partial charge in [0.15, 0.2) is 5.69 Å². The highest BCUT2D eigenvalue weighted by molar-refractivity contribution is 6.31. The number of nitrogens with zero attached hydrogens (tertiary/aromatic N) is 5. The van der Waals surface area contributed by atoms with Crippen molar-refractivity contribution in [3.8, 4) is 0 Å². The number of aromatic nitrogens is 5. The van der Waals surface area contributed by atoms with Crippen molar-refractivity contribution in [2.24, 2.45) is 0 Å². The lowest BCUT2D eigenvalue weighted by Crippen LogP contribution is -2.24. The molecule has 3 aromatic heterocycles. The largest absolute Gasteiger partial charge is 0.384 e. The maximum Gasteiger partial charge on any atom is 0.273 e. The first-order valence-corrected chi connectivity index (χ1v) is 9.72. The Labute approximate surface area is 178 Å². The topological polar surface area (TPSA) is 112 Å². The molecule has 0 radical (unpaired) electrons. The molecular formula is C21H20ClN7O. The van der Waals surface area contributed by atoms with E-state index in [1.54, 1.807) is 23.1 Å². The maximum absolute atomic E-state index is 12.5. The van der Waals surface area contributed by atoms with Crippen molar-refractivity contribution in [2.45, 2.75) is 26.9 Å². The molecule has 0 saturated heterocycles. The predicted octanol–water partition coefficient (Wildman–Crippen LogP) is 3.05. The summed E-state index contributed by atoms with van der Waals surface area (Å²) in [5.74, 6) is 0.168. The number of amides is 1. The summed E-state index contributed by atoms with van der Waals surface area (Å²) in [7, 11) is 0. The van der Waals surface area contributed by atoms with Crippen LogP contribution in [-0.2, 0) is 13.1 Å². The van der Waals surface area contributed by atoms with Crippen molar-refractivity contribution < 1.29 is 4.79 Å². The number of nitrogens with one attached hydrogen (secondary N) is 1. The van der Waals surface area contributed by atoms with Crippen LogP contribution in [0.3, 0.4) is 0 Å². The van der Waals surface area contributed by atoms with Gasteiger partial charge in [-0.15, -0.1) is 5.10 Å². The number of halogens is 1. The third-order valence-electron chi connectivity index (χ3n) is 4.83. The summed E-state index contributed by atoms with van der Waals surface area (Å²) in [4.78, 5) is 21.0. The molecule has 0 saturated carbocycles. The summed E-state index contributed by atoms with van der Waals surface area (Å²) in [6.07, 6.45) is 3.24. The second-order valence-electron chi connectivity index (χ2n) is 7.09. The van der Waals surface area contributed by atoms with Crippen LogP contribution in [0.4, 0.5) is 5.82 Å². The van der Waals surface area contributed by atoms with Gasteiger partial charge in [-0.05, 0) is 54.8 Å². The van der Waals surface area contributed by atoms with Gasteiger partial charge < -0.3 is 11.1 Å². The van der Waals surface area contributed by atoms with Crippen molar-refractivity contribution >= 4 is 34.2 Å². The zero-order chi connectivity index (χ0) is 21.3. The number of carbonyl (C=O) groups excluding carboxylic acids is 1. The van der Waals surface area contributed by atoms with Crippen LogP contribution in [0, 0.1) is 13.8 Å². The summed E-state index contributed by atoms with van der Waals surface area (Å²) in [6.45, 7) is 4.63. The first kappa shape index (κ1) is 19.8. The Balaban J connectivity index is 1.44. The lowest BCUT2D eigenvalue weighted by atomic mass is 10.1. The van der Waals surface area contributed by atoms with Crippen molar-refractivity contribution in [2.75, 3.05) is 5.73 Å². The van der Waals surface area contributed by atoms with E-state index in [-0.39, 0.29) is 11.6 Å². The molecule has 0 aliphatic rings. The molecule has 4 rings (SSSR count). The molecule has 0 aliphatic carbocycles. The third kappa shape index (κ3) is 4.23. The van der Waals surface area contributed by atoms with Gasteiger partial charge in [-0.2, -0.15) is 0 Å². The average molecular weight is 422 g/mol. The highest BCUT2D eigenvalue weighted by Crippen LogP contribution is 2.19. The van der Waals surface area contributed by atoms with E-state index in [2.05, 4.69) is 25.6 Å². The van der Waals surface area contributed by atoms with Crippen LogP contribution in [0.1, 0.15) is 32.9 Å². The highest BCUT2D eigenvalue weighted by atomic mass is 35.5. The molecule has 8 nitrogen and oxygen atoms in total. The lowest BCUT2D eigenvalue weighted by molar-refractivity contribution is 0.0945. The number of fused-ring (bicyclic) bond motifs is 1. The molecule has 0 spiro atoms. The molecule has 0 unspecified atom stereocenters. The van der Waals surface area contributed by atoms with Gasteiger partial charge in [-0.25, -0.2) is 9.67 Å². The summed E-state index contributed by atoms with van der Waals surface area (Å²) < 4.78 is 1.62. The fourth-order valence-corrected chi connectivity index (χ4v) is 3.50. The van der Waals surface area contributed by atoms with Gasteiger partial charge in [-0.1, -0.05) is 22.9 Å². The monoisotopic (exact) mass is 421 g/mol. The Hall–Kier alpha value is -3.52. The van der Waals surface area contributed by atoms with Crippen molar-refractivity contribution in [1.82, 2.24) is 30.3 Å². The number of hydrogen-bond donors (Lipinski definition) is 2. The molecule has 3 N–H and O–H groups in total. The number of pyridine rings is 2. The Morgan fingerprint density at radius 1 is 1.23 bits per heavy atom. The standard InChI is InChI=1S/C21H20ClN7O/c1-12-5-20(23)26-13(2)17(12)9-25-21(30)19-11-29(28-27-19)10-14-3-4-18-15(6-14)7-16(22)8-24-18/h3-8,11H,9-10H2,1-2H3,(H2,23,26)(H,25,30). The number of rotatable bonds is 5. The first-order valence-electron chi connectivity index (χ1n) is 9.34. The molecule has 9 heteroatoms. The van der Waals surface area contributed by atoms with Crippen LogP contribution in [-0.4, -0.2) is 30.9 Å². The van der Waals surface area contributed by atoms with Crippen LogP contribution in [0.2, 0.25) is 5.02 Å². The van der Waals surface area contributed by atoms with E-state index in [1.807, 2.05) is 38.1 Å². The molecule has 3 heterocycles. The summed E-state index contributed by atoms with van der Waals surface area (Å²) >= 11 is 6.03. The molecule has 152 valence electrons. The molecule has 1 aromatic carbocycles. The van der Waals surface area contributed by atoms with E-state index >= 15 is 0 Å². The van der Waals surface area contributed by atoms with E-state index in [1.165, 1.54) is 0 Å². The predicted molar refractivity (Wildman–Crippen MR) is 115 cm³/mol. The van der Waals surface area contributed by atoms with E-state index in [4.69, 9.17) is 17.3 Å². The van der Waals surface area contributed by atoms with E-state index < -0.39 is 0 Å². The van der Waals surface area contributed by atoms with Crippen molar-refractivity contribution in [3.63, 3.8) is 0 Å². The van der Waals surface area contributed by atoms with Crippen LogP contribution < -0.4 is 11.1 Å². The quantitative estimate of drug-likeness (QED) is 0.512. The Bertz CT molecular complexity index is 1230. The Morgan fingerprint density at radius 3 is 2.87 bits per heavy atom. The minimum absolute atomic E-state index is 0.249. The van der Waals surface area contributed by atoms with Gasteiger partial charge in [0.25, 0.3) is 5.91 Å². The minimum atomic E-state index is -0.300. The lowest BCUT2D eigenvalue weighted by Gasteiger charge is -2.10. The Kier molecular flexibility index (Phi) is 5.33. The van der Waals surface area contributed by atoms with Gasteiger partial charge in [0, 0.05) is 23.8 Å². The number of hydrogen-bond acceptors (Lipinski definition) is 6. The molecule has 4 aromatic rings. The van der Waals surface area contributed by atoms with E-state index in [0.717, 1.165) is 33.3 Å². The number of anilines is 1. The van der Waals surface area contributed by atoms with Crippen LogP contribution in [0.5, 0.6) is 0 Å². The summed E-state index contributed by atoms with van der Waals surface area (Å²) in [5, 5.41) is 12.5. The third-order valence-corrected chi connectivity index (χ3v) is 5.03. The zero-order valence-corrected chi connectivity index (χ0v) is 17.3. The second-order valence-corrected chi connectivity index (χ2v) is 7.53. The van der Waals surface area contributed by atoms with Gasteiger partial charge in [0.2, 0.25) is 0 Å². The fraction of sp³-hybridized carbons (Fsp3) is 0.190. The zero-order valence-electron chi connectivity index (χ0n) is 16.6. The van der Waals surface area contributed by atoms with Crippen molar-refractivity contribution in [3.05, 3.63) is 75.8 Å². The molecule has 30 heavy (non-hydrogen) atoms. The van der Waals surface area contributed by atoms with Crippen LogP contribution in [0.25, 0.3) is 10.9 Å². The van der Waals surface area contributed by atoms with Crippen LogP contribution in [0.15, 0.2) is 42.7 Å². The number of benzene rings is 1. The second kappa shape index (κ2) is 8.08. The summed E-state index contributed by atoms with van der Waals surface area (Å²) in [5.41, 5.74) is 10.6. The maximum atomic E-state index is 12.5. The first-order chi connectivity index (χ1) is 14.4. The molecule has 0 aliphatic heterocycles. The molecule has 0 atom stereocenters. The van der Waals surface area contributed by atoms with Gasteiger partial charge in [-0.3, -0.25) is 9.78 Å². The van der Waals surface area contributed by atoms with E-state index in [9.17, 15) is 4.79 Å². The smallest absolute Gasteiger partial charge is 0.273 e. The minimum Gasteiger partial charge on any atom is -0.384 e. The fourth-order valence-electron chi connectivity index (χ4n) is 3.33. The normalized spacial score (nSPS) is 11.0. The van der Waals surface area contributed by atoms with E-state index in [0.29, 0.717) is 23.9 Å². The number of aryl methyl sites for hydroxylation is 2. The average Bonchev–Trinajstić information content (AvgIpc) is 3.15. The molecule has 0 bridgehead atoms. The molecule has 1 amide bonds. The SMILES string of the molecule is Cc1cc(N)nc(C)c1CNC(=O)c1cn(Cc2ccc3ncc(Cl)cc3c2)nn1. The molecular weight excluding hydrogens is 402 g/mol. The molecule has 0 fully saturated rings. The van der Waals surface area contributed by atoms with Crippen molar-refractivity contribution in [1.29, 1.82) is 0 Å². The van der Waals surface area contributed by atoms with Gasteiger partial charge in [0.1, 0.15) is 5.82 Å². The van der Waals surface area contributed by atoms with Crippen LogP contribution >= 0.6 is 11.6 Å². The highest BCUT2D eigenvalue weighted by Gasteiger charge is 2.13. The van der Waals surface area contributed by atoms with Gasteiger partial charge >= 0.3 is 0 Å². The summed E-state index contributed by atoms with van der Waals surface area (Å²) in [6, 6.07) is 9.54. The number of nitrogens with two attached hydrogens (primary N) is 1.